The Balaban J connectivity index is 1.36. The van der Waals surface area contributed by atoms with Crippen LogP contribution in [0.1, 0.15) is 41.5 Å². The molecule has 0 saturated carbocycles. The van der Waals surface area contributed by atoms with Gasteiger partial charge >= 0.3 is 0 Å². The molecule has 170 valence electrons. The van der Waals surface area contributed by atoms with Crippen LogP contribution in [0.3, 0.4) is 0 Å². The largest absolute Gasteiger partial charge is 0.494 e. The average Bonchev–Trinajstić information content (AvgIpc) is 3.20. The maximum atomic E-state index is 13.9. The van der Waals surface area contributed by atoms with Gasteiger partial charge in [-0.3, -0.25) is 4.79 Å². The number of benzene rings is 3. The summed E-state index contributed by atoms with van der Waals surface area (Å²) < 4.78 is 21.9. The minimum Gasteiger partial charge on any atom is -0.494 e. The zero-order valence-corrected chi connectivity index (χ0v) is 18.8. The van der Waals surface area contributed by atoms with Gasteiger partial charge in [0.2, 0.25) is 0 Å². The molecule has 0 aliphatic rings. The first kappa shape index (κ1) is 22.5. The van der Waals surface area contributed by atoms with Gasteiger partial charge in [0.05, 0.1) is 29.7 Å². The summed E-state index contributed by atoms with van der Waals surface area (Å²) in [5, 5.41) is 2.80. The lowest BCUT2D eigenvalue weighted by atomic mass is 10.2. The summed E-state index contributed by atoms with van der Waals surface area (Å²) in [6.07, 6.45) is 2.81. The number of aryl methyl sites for hydroxylation is 2. The predicted molar refractivity (Wildman–Crippen MR) is 128 cm³/mol. The Morgan fingerprint density at radius 2 is 1.76 bits per heavy atom. The molecule has 0 radical (unpaired) electrons. The predicted octanol–water partition coefficient (Wildman–Crippen LogP) is 5.53. The normalized spacial score (nSPS) is 11.0. The number of unbranched alkanes of at least 4 members (excludes halogenated alkanes) is 1. The van der Waals surface area contributed by atoms with E-state index in [2.05, 4.69) is 33.9 Å². The number of rotatable bonds is 10. The molecule has 0 fully saturated rings. The molecule has 0 aliphatic heterocycles. The van der Waals surface area contributed by atoms with Gasteiger partial charge in [0, 0.05) is 6.54 Å². The van der Waals surface area contributed by atoms with Crippen LogP contribution >= 0.6 is 0 Å². The number of imidazole rings is 1. The van der Waals surface area contributed by atoms with E-state index in [1.807, 2.05) is 36.4 Å². The van der Waals surface area contributed by atoms with Crippen molar-refractivity contribution in [2.45, 2.75) is 39.3 Å². The highest BCUT2D eigenvalue weighted by molar-refractivity contribution is 5.94. The number of amides is 1. The molecule has 5 nitrogen and oxygen atoms in total. The summed E-state index contributed by atoms with van der Waals surface area (Å²) in [6.45, 7) is 3.75. The summed E-state index contributed by atoms with van der Waals surface area (Å²) in [5.74, 6) is 0.649. The fraction of sp³-hybridized carbons (Fsp3) is 0.259. The van der Waals surface area contributed by atoms with E-state index in [4.69, 9.17) is 4.74 Å². The summed E-state index contributed by atoms with van der Waals surface area (Å²) in [6, 6.07) is 22.1. The number of aromatic nitrogens is 2. The molecule has 3 aromatic carbocycles. The minimum atomic E-state index is -0.534. The fourth-order valence-electron chi connectivity index (χ4n) is 3.79. The SMILES string of the molecule is CCc1ccc(OCCCCn2c(CNC(=O)c3ccccc3F)nc3ccccc32)cc1. The number of nitrogens with one attached hydrogen (secondary N) is 1. The molecule has 4 aromatic rings. The van der Waals surface area contributed by atoms with Crippen LogP contribution in [-0.4, -0.2) is 22.1 Å². The molecule has 0 bridgehead atoms. The average molecular weight is 446 g/mol. The van der Waals surface area contributed by atoms with Gasteiger partial charge in [-0.25, -0.2) is 9.37 Å². The first-order valence-electron chi connectivity index (χ1n) is 11.3. The zero-order valence-electron chi connectivity index (χ0n) is 18.8. The zero-order chi connectivity index (χ0) is 23.0. The Hall–Kier alpha value is -3.67. The number of carbonyl (C=O) groups excluding carboxylic acids is 1. The molecule has 1 amide bonds. The third-order valence-electron chi connectivity index (χ3n) is 5.64. The first-order valence-corrected chi connectivity index (χ1v) is 11.3. The Morgan fingerprint density at radius 1 is 1.00 bits per heavy atom. The van der Waals surface area contributed by atoms with Crippen LogP contribution in [0.15, 0.2) is 72.8 Å². The van der Waals surface area contributed by atoms with Crippen LogP contribution in [0.2, 0.25) is 0 Å². The second-order valence-corrected chi connectivity index (χ2v) is 7.88. The molecule has 1 heterocycles. The number of ether oxygens (including phenoxy) is 1. The fourth-order valence-corrected chi connectivity index (χ4v) is 3.79. The van der Waals surface area contributed by atoms with Crippen molar-refractivity contribution in [3.05, 3.63) is 95.6 Å². The second-order valence-electron chi connectivity index (χ2n) is 7.88. The molecule has 0 aliphatic carbocycles. The van der Waals surface area contributed by atoms with Gasteiger partial charge in [0.15, 0.2) is 0 Å². The van der Waals surface area contributed by atoms with Crippen molar-refractivity contribution < 1.29 is 13.9 Å². The van der Waals surface area contributed by atoms with E-state index in [-0.39, 0.29) is 12.1 Å². The van der Waals surface area contributed by atoms with Crippen molar-refractivity contribution in [3.63, 3.8) is 0 Å². The monoisotopic (exact) mass is 445 g/mol. The maximum Gasteiger partial charge on any atom is 0.254 e. The number of nitrogens with zero attached hydrogens (tertiary/aromatic N) is 2. The Kier molecular flexibility index (Phi) is 7.35. The molecule has 33 heavy (non-hydrogen) atoms. The van der Waals surface area contributed by atoms with Gasteiger partial charge in [0.25, 0.3) is 5.91 Å². The lowest BCUT2D eigenvalue weighted by Crippen LogP contribution is -2.25. The van der Waals surface area contributed by atoms with Crippen molar-refractivity contribution in [1.82, 2.24) is 14.9 Å². The Labute approximate surface area is 193 Å². The van der Waals surface area contributed by atoms with Crippen LogP contribution in [-0.2, 0) is 19.5 Å². The van der Waals surface area contributed by atoms with Gasteiger partial charge in [0.1, 0.15) is 17.4 Å². The summed E-state index contributed by atoms with van der Waals surface area (Å²) in [5.41, 5.74) is 3.22. The van der Waals surface area contributed by atoms with E-state index in [0.717, 1.165) is 48.4 Å². The lowest BCUT2D eigenvalue weighted by molar-refractivity contribution is 0.0945. The maximum absolute atomic E-state index is 13.9. The van der Waals surface area contributed by atoms with Crippen LogP contribution in [0, 0.1) is 5.82 Å². The first-order chi connectivity index (χ1) is 16.2. The second kappa shape index (κ2) is 10.8. The van der Waals surface area contributed by atoms with Gasteiger partial charge in [-0.15, -0.1) is 0 Å². The molecule has 1 N–H and O–H groups in total. The molecule has 0 atom stereocenters. The van der Waals surface area contributed by atoms with Crippen LogP contribution < -0.4 is 10.1 Å². The van der Waals surface area contributed by atoms with E-state index in [1.165, 1.54) is 17.7 Å². The van der Waals surface area contributed by atoms with Gasteiger partial charge in [-0.2, -0.15) is 0 Å². The number of carbonyl (C=O) groups is 1. The lowest BCUT2D eigenvalue weighted by Gasteiger charge is -2.11. The third-order valence-corrected chi connectivity index (χ3v) is 5.64. The molecule has 0 spiro atoms. The standard InChI is InChI=1S/C27H28FN3O2/c1-2-20-13-15-21(16-14-20)33-18-8-7-17-31-25-12-6-5-11-24(25)30-26(31)19-29-27(32)22-9-3-4-10-23(22)28/h3-6,9-16H,2,7-8,17-19H2,1H3,(H,29,32). The molecule has 6 heteroatoms. The highest BCUT2D eigenvalue weighted by atomic mass is 19.1. The van der Waals surface area contributed by atoms with Crippen molar-refractivity contribution in [2.24, 2.45) is 0 Å². The highest BCUT2D eigenvalue weighted by Crippen LogP contribution is 2.18. The van der Waals surface area contributed by atoms with Crippen molar-refractivity contribution in [2.75, 3.05) is 6.61 Å². The third kappa shape index (κ3) is 5.58. The number of halogens is 1. The van der Waals surface area contributed by atoms with Gasteiger partial charge in [-0.05, 0) is 61.2 Å². The van der Waals surface area contributed by atoms with Crippen LogP contribution in [0.5, 0.6) is 5.75 Å². The van der Waals surface area contributed by atoms with E-state index in [0.29, 0.717) is 6.61 Å². The molecule has 1 aromatic heterocycles. The van der Waals surface area contributed by atoms with E-state index >= 15 is 0 Å². The Morgan fingerprint density at radius 3 is 2.55 bits per heavy atom. The van der Waals surface area contributed by atoms with Crippen LogP contribution in [0.25, 0.3) is 11.0 Å². The number of hydrogen-bond donors (Lipinski definition) is 1. The summed E-state index contributed by atoms with van der Waals surface area (Å²) >= 11 is 0. The topological polar surface area (TPSA) is 56.1 Å². The summed E-state index contributed by atoms with van der Waals surface area (Å²) in [7, 11) is 0. The number of para-hydroxylation sites is 2. The molecule has 0 saturated heterocycles. The number of fused-ring (bicyclic) bond motifs is 1. The Bertz CT molecular complexity index is 1220. The van der Waals surface area contributed by atoms with E-state index in [1.54, 1.807) is 12.1 Å². The highest BCUT2D eigenvalue weighted by Gasteiger charge is 2.14. The quantitative estimate of drug-likeness (QED) is 0.327. The molecular formula is C27H28FN3O2. The van der Waals surface area contributed by atoms with Crippen molar-refractivity contribution in [1.29, 1.82) is 0 Å². The van der Waals surface area contributed by atoms with Gasteiger partial charge < -0.3 is 14.6 Å². The smallest absolute Gasteiger partial charge is 0.254 e. The van der Waals surface area contributed by atoms with Crippen molar-refractivity contribution >= 4 is 16.9 Å². The van der Waals surface area contributed by atoms with Crippen molar-refractivity contribution in [3.8, 4) is 5.75 Å². The number of hydrogen-bond acceptors (Lipinski definition) is 3. The molecule has 0 unspecified atom stereocenters. The summed E-state index contributed by atoms with van der Waals surface area (Å²) in [4.78, 5) is 17.1. The van der Waals surface area contributed by atoms with Crippen LogP contribution in [0.4, 0.5) is 4.39 Å². The van der Waals surface area contributed by atoms with E-state index < -0.39 is 11.7 Å². The molecule has 4 rings (SSSR count). The van der Waals surface area contributed by atoms with E-state index in [9.17, 15) is 9.18 Å². The van der Waals surface area contributed by atoms with Gasteiger partial charge in [-0.1, -0.05) is 43.3 Å². The molecular weight excluding hydrogens is 417 g/mol. The minimum absolute atomic E-state index is 0.0317.